The van der Waals surface area contributed by atoms with Gasteiger partial charge in [-0.3, -0.25) is 9.59 Å². The molecule has 1 rings (SSSR count). The van der Waals surface area contributed by atoms with Crippen molar-refractivity contribution in [1.29, 1.82) is 0 Å². The van der Waals surface area contributed by atoms with Gasteiger partial charge in [0.25, 0.3) is 0 Å². The van der Waals surface area contributed by atoms with Gasteiger partial charge in [-0.15, -0.1) is 11.8 Å². The van der Waals surface area contributed by atoms with Gasteiger partial charge in [0.2, 0.25) is 0 Å². The number of rotatable bonds is 4. The lowest BCUT2D eigenvalue weighted by atomic mass is 9.98. The Morgan fingerprint density at radius 2 is 2.18 bits per heavy atom. The molecule has 2 atom stereocenters. The molecule has 0 aliphatic heterocycles. The fraction of sp³-hybridized carbons (Fsp3) is 0.538. The van der Waals surface area contributed by atoms with Crippen LogP contribution in [0, 0.1) is 17.8 Å². The number of methoxy groups -OCH3 is 1. The number of ether oxygens (including phenoxy) is 1. The summed E-state index contributed by atoms with van der Waals surface area (Å²) in [5.41, 5.74) is 0. The first-order valence-corrected chi connectivity index (χ1v) is 5.58. The molecule has 92 valence electrons. The van der Waals surface area contributed by atoms with E-state index in [-0.39, 0.29) is 24.1 Å². The molecule has 4 nitrogen and oxygen atoms in total. The summed E-state index contributed by atoms with van der Waals surface area (Å²) in [4.78, 5) is 22.0. The maximum atomic E-state index is 11.3. The predicted molar refractivity (Wildman–Crippen MR) is 61.9 cm³/mol. The van der Waals surface area contributed by atoms with Crippen LogP contribution in [0.15, 0.2) is 12.2 Å². The van der Waals surface area contributed by atoms with Crippen molar-refractivity contribution in [1.82, 2.24) is 0 Å². The van der Waals surface area contributed by atoms with Crippen LogP contribution >= 0.6 is 0 Å². The Labute approximate surface area is 101 Å². The summed E-state index contributed by atoms with van der Waals surface area (Å²) in [6, 6.07) is 0. The molecule has 0 radical (unpaired) electrons. The summed E-state index contributed by atoms with van der Waals surface area (Å²) in [7, 11) is 1.34. The van der Waals surface area contributed by atoms with E-state index in [1.54, 1.807) is 0 Å². The zero-order chi connectivity index (χ0) is 12.7. The molecular weight excluding hydrogens is 220 g/mol. The van der Waals surface area contributed by atoms with Crippen molar-refractivity contribution in [2.75, 3.05) is 7.11 Å². The highest BCUT2D eigenvalue weighted by Gasteiger charge is 2.27. The second-order valence-electron chi connectivity index (χ2n) is 3.83. The lowest BCUT2D eigenvalue weighted by Gasteiger charge is -2.10. The molecule has 0 aromatic rings. The third-order valence-corrected chi connectivity index (χ3v) is 2.62. The Kier molecular flexibility index (Phi) is 5.44. The highest BCUT2D eigenvalue weighted by Crippen LogP contribution is 2.20. The number of aliphatic hydroxyl groups is 1. The molecule has 4 heteroatoms. The molecule has 0 spiro atoms. The van der Waals surface area contributed by atoms with Crippen molar-refractivity contribution in [3.63, 3.8) is 0 Å². The zero-order valence-corrected chi connectivity index (χ0v) is 9.81. The average molecular weight is 236 g/mol. The second kappa shape index (κ2) is 6.87. The Balaban J connectivity index is 2.18. The van der Waals surface area contributed by atoms with Crippen molar-refractivity contribution in [2.45, 2.75) is 31.8 Å². The Morgan fingerprint density at radius 1 is 1.47 bits per heavy atom. The Hall–Kier alpha value is -1.60. The third-order valence-electron chi connectivity index (χ3n) is 2.62. The van der Waals surface area contributed by atoms with E-state index in [4.69, 9.17) is 0 Å². The van der Waals surface area contributed by atoms with Gasteiger partial charge in [-0.2, -0.15) is 0 Å². The van der Waals surface area contributed by atoms with Crippen molar-refractivity contribution >= 4 is 11.8 Å². The van der Waals surface area contributed by atoms with E-state index in [1.165, 1.54) is 19.3 Å². The monoisotopic (exact) mass is 236 g/mol. The zero-order valence-electron chi connectivity index (χ0n) is 9.81. The molecule has 17 heavy (non-hydrogen) atoms. The number of allylic oxidation sites excluding steroid dienone is 1. The lowest BCUT2D eigenvalue weighted by molar-refractivity contribution is -0.140. The van der Waals surface area contributed by atoms with Gasteiger partial charge in [0.15, 0.2) is 5.78 Å². The SMILES string of the molecule is COC(=O)CCC#CCCC1C(=O)C=CC1O. The molecule has 1 aliphatic rings. The van der Waals surface area contributed by atoms with Crippen LogP contribution in [0.3, 0.4) is 0 Å². The van der Waals surface area contributed by atoms with Crippen molar-refractivity contribution < 1.29 is 19.4 Å². The fourth-order valence-electron chi connectivity index (χ4n) is 1.60. The van der Waals surface area contributed by atoms with Crippen LogP contribution in [0.5, 0.6) is 0 Å². The van der Waals surface area contributed by atoms with Crippen LogP contribution in [0.4, 0.5) is 0 Å². The fourth-order valence-corrected chi connectivity index (χ4v) is 1.60. The van der Waals surface area contributed by atoms with Crippen LogP contribution < -0.4 is 0 Å². The van der Waals surface area contributed by atoms with E-state index in [9.17, 15) is 14.7 Å². The number of aliphatic hydroxyl groups excluding tert-OH is 1. The first-order valence-electron chi connectivity index (χ1n) is 5.58. The minimum absolute atomic E-state index is 0.0335. The Bertz CT molecular complexity index is 373. The average Bonchev–Trinajstić information content (AvgIpc) is 2.64. The van der Waals surface area contributed by atoms with Crippen LogP contribution in [0.25, 0.3) is 0 Å². The van der Waals surface area contributed by atoms with Crippen molar-refractivity contribution in [2.24, 2.45) is 5.92 Å². The number of hydrogen-bond donors (Lipinski definition) is 1. The second-order valence-corrected chi connectivity index (χ2v) is 3.83. The van der Waals surface area contributed by atoms with Crippen LogP contribution in [0.2, 0.25) is 0 Å². The molecule has 0 saturated carbocycles. The first kappa shape index (κ1) is 13.5. The molecule has 0 aromatic heterocycles. The van der Waals surface area contributed by atoms with Gasteiger partial charge in [-0.25, -0.2) is 0 Å². The maximum Gasteiger partial charge on any atom is 0.306 e. The van der Waals surface area contributed by atoms with Gasteiger partial charge in [-0.1, -0.05) is 6.08 Å². The van der Waals surface area contributed by atoms with Crippen molar-refractivity contribution in [3.8, 4) is 11.8 Å². The molecule has 0 saturated heterocycles. The van der Waals surface area contributed by atoms with Gasteiger partial charge in [-0.05, 0) is 12.5 Å². The van der Waals surface area contributed by atoms with E-state index in [1.807, 2.05) is 0 Å². The maximum absolute atomic E-state index is 11.3. The van der Waals surface area contributed by atoms with Gasteiger partial charge in [0.1, 0.15) is 0 Å². The van der Waals surface area contributed by atoms with Crippen LogP contribution in [-0.2, 0) is 14.3 Å². The quantitative estimate of drug-likeness (QED) is 0.580. The lowest BCUT2D eigenvalue weighted by Crippen LogP contribution is -2.19. The predicted octanol–water partition coefficient (Wildman–Crippen LogP) is 0.839. The molecule has 0 bridgehead atoms. The minimum Gasteiger partial charge on any atom is -0.469 e. The summed E-state index contributed by atoms with van der Waals surface area (Å²) in [5.74, 6) is 5.07. The molecule has 0 heterocycles. The van der Waals surface area contributed by atoms with E-state index in [0.29, 0.717) is 19.3 Å². The summed E-state index contributed by atoms with van der Waals surface area (Å²) in [6.45, 7) is 0. The van der Waals surface area contributed by atoms with Gasteiger partial charge < -0.3 is 9.84 Å². The van der Waals surface area contributed by atoms with E-state index in [0.717, 1.165) is 0 Å². The van der Waals surface area contributed by atoms with Gasteiger partial charge in [0, 0.05) is 12.8 Å². The van der Waals surface area contributed by atoms with E-state index in [2.05, 4.69) is 16.6 Å². The number of esters is 1. The number of hydrogen-bond acceptors (Lipinski definition) is 4. The molecular formula is C13H16O4. The van der Waals surface area contributed by atoms with Gasteiger partial charge in [0.05, 0.1) is 25.6 Å². The third kappa shape index (κ3) is 4.41. The summed E-state index contributed by atoms with van der Waals surface area (Å²) >= 11 is 0. The standard InChI is InChI=1S/C13H16O4/c1-17-13(16)7-5-3-2-4-6-10-11(14)8-9-12(10)15/h8-11,14H,4-7H2,1H3. The molecule has 2 unspecified atom stereocenters. The highest BCUT2D eigenvalue weighted by molar-refractivity contribution is 5.94. The molecule has 1 N–H and O–H groups in total. The van der Waals surface area contributed by atoms with E-state index >= 15 is 0 Å². The largest absolute Gasteiger partial charge is 0.469 e. The van der Waals surface area contributed by atoms with Gasteiger partial charge >= 0.3 is 5.97 Å². The van der Waals surface area contributed by atoms with Crippen molar-refractivity contribution in [3.05, 3.63) is 12.2 Å². The smallest absolute Gasteiger partial charge is 0.306 e. The highest BCUT2D eigenvalue weighted by atomic mass is 16.5. The Morgan fingerprint density at radius 3 is 2.76 bits per heavy atom. The summed E-state index contributed by atoms with van der Waals surface area (Å²) in [5, 5.41) is 9.45. The van der Waals surface area contributed by atoms with Crippen LogP contribution in [-0.4, -0.2) is 30.1 Å². The number of ketones is 1. The number of carbonyl (C=O) groups is 2. The molecule has 0 fully saturated rings. The van der Waals surface area contributed by atoms with E-state index < -0.39 is 6.10 Å². The normalized spacial score (nSPS) is 22.1. The minimum atomic E-state index is -0.667. The summed E-state index contributed by atoms with van der Waals surface area (Å²) < 4.78 is 4.47. The summed E-state index contributed by atoms with van der Waals surface area (Å²) in [6.07, 6.45) is 4.12. The molecule has 0 amide bonds. The molecule has 0 aromatic carbocycles. The topological polar surface area (TPSA) is 63.6 Å². The van der Waals surface area contributed by atoms with Crippen LogP contribution in [0.1, 0.15) is 25.7 Å². The first-order chi connectivity index (χ1) is 8.15. The molecule has 1 aliphatic carbocycles. The number of carbonyl (C=O) groups excluding carboxylic acids is 2.